The van der Waals surface area contributed by atoms with E-state index in [9.17, 15) is 4.39 Å². The summed E-state index contributed by atoms with van der Waals surface area (Å²) in [5.74, 6) is 0.0213. The fourth-order valence-electron chi connectivity index (χ4n) is 2.23. The minimum Gasteiger partial charge on any atom is -0.291 e. The van der Waals surface area contributed by atoms with Crippen molar-refractivity contribution in [1.29, 1.82) is 0 Å². The maximum Gasteiger partial charge on any atom is 0.137 e. The Hall–Kier alpha value is -3.54. The molecule has 0 atom stereocenters. The zero-order valence-electron chi connectivity index (χ0n) is 11.0. The summed E-state index contributed by atoms with van der Waals surface area (Å²) in [4.78, 5) is 9.66. The third-order valence-electron chi connectivity index (χ3n) is 3.04. The van der Waals surface area contributed by atoms with E-state index in [4.69, 9.17) is 11.1 Å². The zero-order valence-corrected chi connectivity index (χ0v) is 11.0. The van der Waals surface area contributed by atoms with Gasteiger partial charge in [-0.25, -0.2) is 9.37 Å². The Kier molecular flexibility index (Phi) is 3.33. The Labute approximate surface area is 122 Å². The summed E-state index contributed by atoms with van der Waals surface area (Å²) in [6.07, 6.45) is 1.57. The number of fused-ring (bicyclic) bond motifs is 1. The summed E-state index contributed by atoms with van der Waals surface area (Å²) in [6, 6.07) is 9.17. The maximum absolute atomic E-state index is 13.5. The van der Waals surface area contributed by atoms with Crippen LogP contribution in [-0.4, -0.2) is 9.55 Å². The van der Waals surface area contributed by atoms with E-state index in [0.29, 0.717) is 16.7 Å². The van der Waals surface area contributed by atoms with Crippen LogP contribution in [0.15, 0.2) is 52.8 Å². The van der Waals surface area contributed by atoms with Gasteiger partial charge >= 0.3 is 0 Å². The van der Waals surface area contributed by atoms with Crippen molar-refractivity contribution in [2.45, 2.75) is 0 Å². The summed E-state index contributed by atoms with van der Waals surface area (Å²) >= 11 is 0. The van der Waals surface area contributed by atoms with Gasteiger partial charge in [-0.05, 0) is 46.5 Å². The monoisotopic (exact) mass is 294 g/mol. The van der Waals surface area contributed by atoms with E-state index >= 15 is 0 Å². The molecule has 0 fully saturated rings. The number of nitrogens with zero attached hydrogens (tertiary/aromatic N) is 8. The fraction of sp³-hybridized carbons (Fsp3) is 0. The van der Waals surface area contributed by atoms with Gasteiger partial charge in [0.05, 0.1) is 11.2 Å². The van der Waals surface area contributed by atoms with Gasteiger partial charge in [0, 0.05) is 21.4 Å². The number of hydrogen-bond acceptors (Lipinski definition) is 3. The van der Waals surface area contributed by atoms with Crippen LogP contribution in [-0.2, 0) is 0 Å². The molecule has 0 amide bonds. The lowest BCUT2D eigenvalue weighted by Crippen LogP contribution is -1.95. The van der Waals surface area contributed by atoms with Gasteiger partial charge in [0.1, 0.15) is 17.5 Å². The van der Waals surface area contributed by atoms with Gasteiger partial charge in [-0.2, -0.15) is 0 Å². The first-order chi connectivity index (χ1) is 10.8. The van der Waals surface area contributed by atoms with Crippen LogP contribution in [0, 0.1) is 5.82 Å². The molecular formula is C13H7FN8. The first kappa shape index (κ1) is 13.4. The molecule has 0 saturated carbocycles. The molecule has 0 bridgehead atoms. The average Bonchev–Trinajstić information content (AvgIpc) is 2.82. The Morgan fingerprint density at radius 2 is 1.91 bits per heavy atom. The van der Waals surface area contributed by atoms with Crippen molar-refractivity contribution in [3.63, 3.8) is 0 Å². The molecule has 0 saturated heterocycles. The molecule has 0 aliphatic carbocycles. The van der Waals surface area contributed by atoms with Crippen molar-refractivity contribution < 1.29 is 4.39 Å². The highest BCUT2D eigenvalue weighted by atomic mass is 19.1. The Morgan fingerprint density at radius 3 is 2.59 bits per heavy atom. The van der Waals surface area contributed by atoms with Crippen molar-refractivity contribution in [3.05, 3.63) is 69.3 Å². The highest BCUT2D eigenvalue weighted by molar-refractivity contribution is 5.99. The molecule has 8 nitrogen and oxygen atoms in total. The van der Waals surface area contributed by atoms with Gasteiger partial charge in [0.25, 0.3) is 0 Å². The molecule has 0 radical (unpaired) electrons. The number of rotatable bonds is 3. The van der Waals surface area contributed by atoms with E-state index < -0.39 is 5.82 Å². The summed E-state index contributed by atoms with van der Waals surface area (Å²) in [6.45, 7) is 0. The highest BCUT2D eigenvalue weighted by Crippen LogP contribution is 2.41. The van der Waals surface area contributed by atoms with Crippen LogP contribution < -0.4 is 0 Å². The second kappa shape index (κ2) is 5.45. The second-order valence-corrected chi connectivity index (χ2v) is 4.24. The minimum absolute atomic E-state index is 0.0552. The average molecular weight is 294 g/mol. The second-order valence-electron chi connectivity index (χ2n) is 4.24. The SMILES string of the molecule is [N-]=[N+]=Nc1c(N=[N+]=[N-])n(-c2ccccn2)c2ccc(F)cc12. The maximum atomic E-state index is 13.5. The molecule has 1 aromatic carbocycles. The largest absolute Gasteiger partial charge is 0.291 e. The van der Waals surface area contributed by atoms with E-state index in [1.54, 1.807) is 24.4 Å². The van der Waals surface area contributed by atoms with Crippen LogP contribution in [0.3, 0.4) is 0 Å². The number of pyridine rings is 1. The van der Waals surface area contributed by atoms with Crippen LogP contribution in [0.4, 0.5) is 15.9 Å². The van der Waals surface area contributed by atoms with Gasteiger partial charge in [0.15, 0.2) is 0 Å². The van der Waals surface area contributed by atoms with Crippen LogP contribution in [0.2, 0.25) is 0 Å². The first-order valence-electron chi connectivity index (χ1n) is 6.12. The van der Waals surface area contributed by atoms with Gasteiger partial charge in [-0.3, -0.25) is 4.57 Å². The normalized spacial score (nSPS) is 10.0. The van der Waals surface area contributed by atoms with Crippen molar-refractivity contribution >= 4 is 22.4 Å². The third kappa shape index (κ3) is 2.08. The van der Waals surface area contributed by atoms with Crippen molar-refractivity contribution in [1.82, 2.24) is 9.55 Å². The van der Waals surface area contributed by atoms with E-state index in [1.165, 1.54) is 22.8 Å². The minimum atomic E-state index is -0.493. The van der Waals surface area contributed by atoms with Crippen molar-refractivity contribution in [2.24, 2.45) is 10.2 Å². The zero-order chi connectivity index (χ0) is 15.5. The molecule has 0 aliphatic heterocycles. The molecule has 3 rings (SSSR count). The smallest absolute Gasteiger partial charge is 0.137 e. The molecule has 9 heteroatoms. The molecule has 106 valence electrons. The molecule has 2 heterocycles. The molecular weight excluding hydrogens is 287 g/mol. The first-order valence-corrected chi connectivity index (χ1v) is 6.12. The number of aromatic nitrogens is 2. The Morgan fingerprint density at radius 1 is 1.09 bits per heavy atom. The van der Waals surface area contributed by atoms with E-state index in [1.807, 2.05) is 0 Å². The van der Waals surface area contributed by atoms with Crippen LogP contribution in [0.25, 0.3) is 37.6 Å². The Bertz CT molecular complexity index is 949. The standard InChI is InChI=1S/C13H7FN8/c14-8-4-5-10-9(7-8)12(18-20-15)13(19-21-16)22(10)11-3-1-2-6-17-11/h1-7H. The number of benzene rings is 1. The van der Waals surface area contributed by atoms with Crippen LogP contribution in [0.5, 0.6) is 0 Å². The number of azide groups is 2. The molecule has 3 aromatic rings. The predicted octanol–water partition coefficient (Wildman–Crippen LogP) is 5.05. The van der Waals surface area contributed by atoms with E-state index in [0.717, 1.165) is 0 Å². The summed E-state index contributed by atoms with van der Waals surface area (Å²) in [7, 11) is 0. The molecule has 0 aliphatic rings. The van der Waals surface area contributed by atoms with Crippen LogP contribution >= 0.6 is 0 Å². The number of hydrogen-bond donors (Lipinski definition) is 0. The molecule has 2 aromatic heterocycles. The highest BCUT2D eigenvalue weighted by Gasteiger charge is 2.17. The lowest BCUT2D eigenvalue weighted by atomic mass is 10.2. The summed E-state index contributed by atoms with van der Waals surface area (Å²) in [5.41, 5.74) is 18.1. The quantitative estimate of drug-likeness (QED) is 0.375. The molecule has 22 heavy (non-hydrogen) atoms. The van der Waals surface area contributed by atoms with Crippen molar-refractivity contribution in [2.75, 3.05) is 0 Å². The van der Waals surface area contributed by atoms with E-state index in [2.05, 4.69) is 25.0 Å². The lowest BCUT2D eigenvalue weighted by Gasteiger charge is -2.06. The molecule has 0 spiro atoms. The molecule has 0 unspecified atom stereocenters. The Balaban J connectivity index is 2.51. The summed E-state index contributed by atoms with van der Waals surface area (Å²) in [5, 5.41) is 7.46. The lowest BCUT2D eigenvalue weighted by molar-refractivity contribution is 0.629. The van der Waals surface area contributed by atoms with E-state index in [-0.39, 0.29) is 11.5 Å². The summed E-state index contributed by atoms with van der Waals surface area (Å²) < 4.78 is 15.0. The van der Waals surface area contributed by atoms with Crippen LogP contribution in [0.1, 0.15) is 0 Å². The third-order valence-corrected chi connectivity index (χ3v) is 3.04. The van der Waals surface area contributed by atoms with Gasteiger partial charge in [-0.1, -0.05) is 11.2 Å². The predicted molar refractivity (Wildman–Crippen MR) is 78.6 cm³/mol. The van der Waals surface area contributed by atoms with Crippen molar-refractivity contribution in [3.8, 4) is 5.82 Å². The fourth-order valence-corrected chi connectivity index (χ4v) is 2.23. The van der Waals surface area contributed by atoms with Gasteiger partial charge < -0.3 is 0 Å². The van der Waals surface area contributed by atoms with Gasteiger partial charge in [-0.15, -0.1) is 0 Å². The number of halogens is 1. The topological polar surface area (TPSA) is 115 Å². The van der Waals surface area contributed by atoms with Gasteiger partial charge in [0.2, 0.25) is 0 Å². The molecule has 0 N–H and O–H groups in total.